The summed E-state index contributed by atoms with van der Waals surface area (Å²) in [6, 6.07) is 25.2. The first-order chi connectivity index (χ1) is 15.1. The number of fused-ring (bicyclic) bond motifs is 2. The number of pyridine rings is 1. The van der Waals surface area contributed by atoms with Gasteiger partial charge in [-0.3, -0.25) is 5.43 Å². The van der Waals surface area contributed by atoms with Crippen LogP contribution in [0.5, 0.6) is 0 Å². The van der Waals surface area contributed by atoms with Crippen molar-refractivity contribution in [1.82, 2.24) is 4.98 Å². The highest BCUT2D eigenvalue weighted by atomic mass is 35.5. The van der Waals surface area contributed by atoms with Crippen LogP contribution >= 0.6 is 23.2 Å². The van der Waals surface area contributed by atoms with Gasteiger partial charge in [0.15, 0.2) is 5.58 Å². The molecule has 5 rings (SSSR count). The van der Waals surface area contributed by atoms with Crippen LogP contribution in [0, 0.1) is 6.92 Å². The summed E-state index contributed by atoms with van der Waals surface area (Å²) < 4.78 is 6.13. The first-order valence-corrected chi connectivity index (χ1v) is 10.5. The third-order valence-electron chi connectivity index (χ3n) is 4.99. The van der Waals surface area contributed by atoms with Crippen LogP contribution in [-0.2, 0) is 0 Å². The Bertz CT molecular complexity index is 1490. The summed E-state index contributed by atoms with van der Waals surface area (Å²) in [6.07, 6.45) is 0. The van der Waals surface area contributed by atoms with Crippen molar-refractivity contribution in [2.45, 2.75) is 6.92 Å². The molecule has 0 amide bonds. The molecule has 0 saturated carbocycles. The number of aryl methyl sites for hydroxylation is 1. The molecule has 0 atom stereocenters. The minimum absolute atomic E-state index is 0.428. The molecular formula is C25H17Cl2N3O. The minimum Gasteiger partial charge on any atom is -0.454 e. The average Bonchev–Trinajstić information content (AvgIpc) is 2.78. The van der Waals surface area contributed by atoms with Crippen LogP contribution in [0.2, 0.25) is 10.0 Å². The summed E-state index contributed by atoms with van der Waals surface area (Å²) in [5, 5.41) is 7.97. The largest absolute Gasteiger partial charge is 0.454 e. The molecule has 0 saturated heterocycles. The molecule has 0 fully saturated rings. The number of aromatic nitrogens is 1. The van der Waals surface area contributed by atoms with Crippen LogP contribution in [0.3, 0.4) is 0 Å². The van der Waals surface area contributed by atoms with E-state index in [1.807, 2.05) is 73.7 Å². The maximum atomic E-state index is 6.45. The predicted molar refractivity (Wildman–Crippen MR) is 127 cm³/mol. The summed E-state index contributed by atoms with van der Waals surface area (Å²) in [6.45, 7) is 2.04. The molecule has 0 aliphatic rings. The van der Waals surface area contributed by atoms with Crippen LogP contribution in [0.1, 0.15) is 5.56 Å². The topological polar surface area (TPSA) is 50.4 Å². The lowest BCUT2D eigenvalue weighted by molar-refractivity contribution is 0.618. The predicted octanol–water partition coefficient (Wildman–Crippen LogP) is 7.19. The lowest BCUT2D eigenvalue weighted by Gasteiger charge is -2.08. The number of anilines is 1. The van der Waals surface area contributed by atoms with Crippen LogP contribution in [0.15, 0.2) is 88.4 Å². The average molecular weight is 446 g/mol. The number of halogens is 2. The maximum Gasteiger partial charge on any atom is 0.155 e. The molecule has 4 nitrogen and oxygen atoms in total. The lowest BCUT2D eigenvalue weighted by atomic mass is 10.1. The molecule has 0 unspecified atom stereocenters. The van der Waals surface area contributed by atoms with Crippen molar-refractivity contribution in [1.29, 1.82) is 0 Å². The molecule has 2 heterocycles. The number of rotatable bonds is 3. The van der Waals surface area contributed by atoms with E-state index >= 15 is 0 Å². The van der Waals surface area contributed by atoms with Gasteiger partial charge in [-0.25, -0.2) is 4.98 Å². The Labute approximate surface area is 188 Å². The van der Waals surface area contributed by atoms with E-state index in [9.17, 15) is 0 Å². The number of hydrogen-bond acceptors (Lipinski definition) is 4. The van der Waals surface area contributed by atoms with Gasteiger partial charge in [0, 0.05) is 27.4 Å². The smallest absolute Gasteiger partial charge is 0.155 e. The molecule has 0 bridgehead atoms. The zero-order chi connectivity index (χ0) is 21.4. The maximum absolute atomic E-state index is 6.45. The highest BCUT2D eigenvalue weighted by Crippen LogP contribution is 2.30. The summed E-state index contributed by atoms with van der Waals surface area (Å²) in [4.78, 5) is 4.62. The fraction of sp³-hybridized carbons (Fsp3) is 0.0400. The van der Waals surface area contributed by atoms with Gasteiger partial charge in [-0.15, -0.1) is 0 Å². The van der Waals surface area contributed by atoms with Gasteiger partial charge in [0.1, 0.15) is 11.6 Å². The first kappa shape index (κ1) is 19.6. The zero-order valence-corrected chi connectivity index (χ0v) is 18.1. The van der Waals surface area contributed by atoms with Gasteiger partial charge in [-0.05, 0) is 37.3 Å². The van der Waals surface area contributed by atoms with E-state index in [0.717, 1.165) is 16.5 Å². The van der Waals surface area contributed by atoms with Crippen LogP contribution in [-0.4, -0.2) is 4.98 Å². The number of benzene rings is 3. The van der Waals surface area contributed by atoms with Crippen molar-refractivity contribution in [2.75, 3.05) is 5.43 Å². The third kappa shape index (κ3) is 4.00. The number of hydrogen-bond donors (Lipinski definition) is 1. The lowest BCUT2D eigenvalue weighted by Crippen LogP contribution is -2.08. The fourth-order valence-corrected chi connectivity index (χ4v) is 3.93. The van der Waals surface area contributed by atoms with E-state index < -0.39 is 0 Å². The zero-order valence-electron chi connectivity index (χ0n) is 16.6. The van der Waals surface area contributed by atoms with Gasteiger partial charge in [0.2, 0.25) is 0 Å². The standard InChI is InChI=1S/C25H17Cl2N3O/c1-15-6-8-17(9-7-15)23-14-22(19-12-18(26)13-20(27)25(19)31-23)29-30-24-11-10-16-4-2-3-5-21(16)28-24/h2-14H,1H3,(H,28,30)/b29-22+. The summed E-state index contributed by atoms with van der Waals surface area (Å²) in [5.41, 5.74) is 6.57. The molecular weight excluding hydrogens is 429 g/mol. The van der Waals surface area contributed by atoms with Crippen molar-refractivity contribution in [3.8, 4) is 11.3 Å². The highest BCUT2D eigenvalue weighted by Gasteiger charge is 2.11. The Kier molecular flexibility index (Phi) is 5.10. The van der Waals surface area contributed by atoms with E-state index in [-0.39, 0.29) is 0 Å². The Morgan fingerprint density at radius 1 is 0.903 bits per heavy atom. The van der Waals surface area contributed by atoms with Gasteiger partial charge in [-0.1, -0.05) is 71.2 Å². The molecule has 152 valence electrons. The summed E-state index contributed by atoms with van der Waals surface area (Å²) in [7, 11) is 0. The first-order valence-electron chi connectivity index (χ1n) is 9.72. The fourth-order valence-electron chi connectivity index (χ4n) is 3.39. The molecule has 0 radical (unpaired) electrons. The van der Waals surface area contributed by atoms with Gasteiger partial charge < -0.3 is 4.42 Å². The van der Waals surface area contributed by atoms with Crippen LogP contribution in [0.4, 0.5) is 5.82 Å². The van der Waals surface area contributed by atoms with Gasteiger partial charge >= 0.3 is 0 Å². The van der Waals surface area contributed by atoms with Crippen molar-refractivity contribution in [3.05, 3.63) is 99.8 Å². The Balaban J connectivity index is 1.66. The van der Waals surface area contributed by atoms with E-state index in [0.29, 0.717) is 37.9 Å². The SMILES string of the molecule is Cc1ccc(-c2c/c(=N\Nc3ccc4ccccc4n3)c3cc(Cl)cc(Cl)c3o2)cc1. The highest BCUT2D eigenvalue weighted by molar-refractivity contribution is 6.38. The second-order valence-electron chi connectivity index (χ2n) is 7.24. The molecule has 6 heteroatoms. The molecule has 0 aliphatic heterocycles. The third-order valence-corrected chi connectivity index (χ3v) is 5.49. The molecule has 1 N–H and O–H groups in total. The van der Waals surface area contributed by atoms with E-state index in [1.54, 1.807) is 12.1 Å². The summed E-state index contributed by atoms with van der Waals surface area (Å²) >= 11 is 12.7. The monoisotopic (exact) mass is 445 g/mol. The summed E-state index contributed by atoms with van der Waals surface area (Å²) in [5.74, 6) is 1.29. The van der Waals surface area contributed by atoms with Crippen LogP contribution in [0.25, 0.3) is 33.2 Å². The van der Waals surface area contributed by atoms with Crippen molar-refractivity contribution in [3.63, 3.8) is 0 Å². The Morgan fingerprint density at radius 3 is 2.55 bits per heavy atom. The van der Waals surface area contributed by atoms with Crippen LogP contribution < -0.4 is 10.8 Å². The van der Waals surface area contributed by atoms with Crippen molar-refractivity contribution in [2.24, 2.45) is 5.10 Å². The van der Waals surface area contributed by atoms with Gasteiger partial charge in [-0.2, -0.15) is 5.10 Å². The number of nitrogens with zero attached hydrogens (tertiary/aromatic N) is 2. The molecule has 2 aromatic heterocycles. The molecule has 5 aromatic rings. The molecule has 0 spiro atoms. The van der Waals surface area contributed by atoms with Gasteiger partial charge in [0.05, 0.1) is 15.9 Å². The molecule has 31 heavy (non-hydrogen) atoms. The Hall–Kier alpha value is -3.34. The van der Waals surface area contributed by atoms with E-state index in [1.165, 1.54) is 5.56 Å². The molecule has 3 aromatic carbocycles. The minimum atomic E-state index is 0.428. The number of para-hydroxylation sites is 1. The van der Waals surface area contributed by atoms with Crippen molar-refractivity contribution >= 4 is 50.9 Å². The number of nitrogens with one attached hydrogen (secondary N) is 1. The van der Waals surface area contributed by atoms with E-state index in [2.05, 4.69) is 15.5 Å². The quantitative estimate of drug-likeness (QED) is 0.299. The van der Waals surface area contributed by atoms with Gasteiger partial charge in [0.25, 0.3) is 0 Å². The second kappa shape index (κ2) is 8.06. The van der Waals surface area contributed by atoms with Crippen molar-refractivity contribution < 1.29 is 4.42 Å². The molecule has 0 aliphatic carbocycles. The normalized spacial score (nSPS) is 11.9. The second-order valence-corrected chi connectivity index (χ2v) is 8.08. The van der Waals surface area contributed by atoms with E-state index in [4.69, 9.17) is 27.6 Å². The Morgan fingerprint density at radius 2 is 1.71 bits per heavy atom.